The molecule has 1 saturated carbocycles. The van der Waals surface area contributed by atoms with E-state index in [1.165, 1.54) is 30.6 Å². The summed E-state index contributed by atoms with van der Waals surface area (Å²) in [4.78, 5) is 11.8. The zero-order chi connectivity index (χ0) is 14.4. The van der Waals surface area contributed by atoms with Gasteiger partial charge in [-0.25, -0.2) is 0 Å². The van der Waals surface area contributed by atoms with Gasteiger partial charge in [0, 0.05) is 25.2 Å². The van der Waals surface area contributed by atoms with Crippen LogP contribution in [0, 0.1) is 0 Å². The average molecular weight is 300 g/mol. The summed E-state index contributed by atoms with van der Waals surface area (Å²) in [7, 11) is 2.04. The van der Waals surface area contributed by atoms with E-state index in [0.717, 1.165) is 21.9 Å². The third kappa shape index (κ3) is 2.01. The Kier molecular flexibility index (Phi) is 2.92. The van der Waals surface area contributed by atoms with E-state index in [1.807, 2.05) is 24.7 Å². The van der Waals surface area contributed by atoms with Crippen molar-refractivity contribution in [3.8, 4) is 0 Å². The number of hydrogen-bond donors (Lipinski definition) is 0. The van der Waals surface area contributed by atoms with E-state index >= 15 is 0 Å². The lowest BCUT2D eigenvalue weighted by Crippen LogP contribution is -2.16. The van der Waals surface area contributed by atoms with Crippen LogP contribution in [0.5, 0.6) is 0 Å². The molecule has 0 saturated heterocycles. The Balaban J connectivity index is 1.72. The van der Waals surface area contributed by atoms with Crippen molar-refractivity contribution in [2.75, 3.05) is 0 Å². The van der Waals surface area contributed by atoms with Gasteiger partial charge in [0.25, 0.3) is 0 Å². The van der Waals surface area contributed by atoms with Gasteiger partial charge in [0.1, 0.15) is 5.82 Å². The van der Waals surface area contributed by atoms with Crippen LogP contribution in [0.2, 0.25) is 0 Å². The molecule has 0 spiro atoms. The maximum absolute atomic E-state index is 11.8. The highest BCUT2D eigenvalue weighted by Gasteiger charge is 2.25. The molecule has 3 aromatic rings. The van der Waals surface area contributed by atoms with E-state index in [4.69, 9.17) is 0 Å². The predicted molar refractivity (Wildman–Crippen MR) is 82.8 cm³/mol. The fourth-order valence-electron chi connectivity index (χ4n) is 2.85. The maximum Gasteiger partial charge on any atom is 0.199 e. The highest BCUT2D eigenvalue weighted by atomic mass is 32.1. The van der Waals surface area contributed by atoms with Gasteiger partial charge in [-0.3, -0.25) is 4.79 Å². The number of fused-ring (bicyclic) bond motifs is 1. The molecule has 3 heterocycles. The van der Waals surface area contributed by atoms with Crippen LogP contribution in [0.25, 0.3) is 10.2 Å². The van der Waals surface area contributed by atoms with Crippen molar-refractivity contribution in [1.82, 2.24) is 19.3 Å². The number of aromatic nitrogens is 4. The topological polar surface area (TPSA) is 52.7 Å². The van der Waals surface area contributed by atoms with E-state index < -0.39 is 0 Å². The van der Waals surface area contributed by atoms with Crippen LogP contribution in [0.15, 0.2) is 28.5 Å². The Morgan fingerprint density at radius 2 is 2.19 bits per heavy atom. The zero-order valence-corrected chi connectivity index (χ0v) is 12.6. The Morgan fingerprint density at radius 3 is 2.95 bits per heavy atom. The van der Waals surface area contributed by atoms with E-state index in [-0.39, 0.29) is 5.43 Å². The van der Waals surface area contributed by atoms with Gasteiger partial charge < -0.3 is 9.13 Å². The summed E-state index contributed by atoms with van der Waals surface area (Å²) in [6.45, 7) is 0.643. The zero-order valence-electron chi connectivity index (χ0n) is 11.8. The number of hydrogen-bond acceptors (Lipinski definition) is 4. The first-order valence-corrected chi connectivity index (χ1v) is 8.07. The molecule has 0 radical (unpaired) electrons. The van der Waals surface area contributed by atoms with Crippen LogP contribution in [0.1, 0.15) is 36.8 Å². The number of pyridine rings is 1. The summed E-state index contributed by atoms with van der Waals surface area (Å²) in [6, 6.07) is 3.62. The molecular formula is C15H16N4OS. The van der Waals surface area contributed by atoms with Gasteiger partial charge in [0.05, 0.1) is 16.8 Å². The molecule has 0 aromatic carbocycles. The minimum Gasteiger partial charge on any atom is -0.339 e. The highest BCUT2D eigenvalue weighted by molar-refractivity contribution is 7.17. The molecule has 1 aliphatic rings. The smallest absolute Gasteiger partial charge is 0.199 e. The summed E-state index contributed by atoms with van der Waals surface area (Å²) >= 11 is 1.49. The maximum atomic E-state index is 11.8. The van der Waals surface area contributed by atoms with Gasteiger partial charge >= 0.3 is 0 Å². The second-order valence-electron chi connectivity index (χ2n) is 5.60. The van der Waals surface area contributed by atoms with Crippen molar-refractivity contribution in [1.29, 1.82) is 0 Å². The molecule has 4 rings (SSSR count). The quantitative estimate of drug-likeness (QED) is 0.747. The minimum absolute atomic E-state index is 0.0874. The molecule has 108 valence electrons. The van der Waals surface area contributed by atoms with Crippen molar-refractivity contribution < 1.29 is 0 Å². The van der Waals surface area contributed by atoms with E-state index in [2.05, 4.69) is 19.3 Å². The molecule has 21 heavy (non-hydrogen) atoms. The summed E-state index contributed by atoms with van der Waals surface area (Å²) in [5, 5.41) is 10.7. The van der Waals surface area contributed by atoms with Crippen LogP contribution in [-0.4, -0.2) is 19.3 Å². The average Bonchev–Trinajstić information content (AvgIpc) is 3.02. The van der Waals surface area contributed by atoms with Crippen LogP contribution in [-0.2, 0) is 13.6 Å². The molecule has 5 nitrogen and oxygen atoms in total. The molecule has 0 aliphatic heterocycles. The molecule has 6 heteroatoms. The molecule has 1 aliphatic carbocycles. The number of rotatable bonds is 3. The van der Waals surface area contributed by atoms with Crippen LogP contribution in [0.3, 0.4) is 0 Å². The second-order valence-corrected chi connectivity index (χ2v) is 6.52. The lowest BCUT2D eigenvalue weighted by Gasteiger charge is -2.24. The molecule has 1 fully saturated rings. The Hall–Kier alpha value is -1.95. The third-order valence-electron chi connectivity index (χ3n) is 4.36. The minimum atomic E-state index is 0.0874. The summed E-state index contributed by atoms with van der Waals surface area (Å²) in [5.74, 6) is 2.61. The largest absolute Gasteiger partial charge is 0.339 e. The molecular weight excluding hydrogens is 284 g/mol. The van der Waals surface area contributed by atoms with E-state index in [9.17, 15) is 4.79 Å². The molecule has 0 atom stereocenters. The summed E-state index contributed by atoms with van der Waals surface area (Å²) in [5.41, 5.74) is 1.06. The van der Waals surface area contributed by atoms with Crippen LogP contribution < -0.4 is 5.43 Å². The first-order valence-electron chi connectivity index (χ1n) is 7.19. The van der Waals surface area contributed by atoms with Crippen LogP contribution in [0.4, 0.5) is 0 Å². The van der Waals surface area contributed by atoms with Gasteiger partial charge in [0.15, 0.2) is 11.3 Å². The number of nitrogens with zero attached hydrogens (tertiary/aromatic N) is 4. The summed E-state index contributed by atoms with van der Waals surface area (Å²) < 4.78 is 4.99. The van der Waals surface area contributed by atoms with Gasteiger partial charge in [-0.1, -0.05) is 6.42 Å². The fraction of sp³-hybridized carbons (Fsp3) is 0.400. The Morgan fingerprint density at radius 1 is 1.33 bits per heavy atom. The molecule has 3 aromatic heterocycles. The van der Waals surface area contributed by atoms with Crippen molar-refractivity contribution in [2.24, 2.45) is 7.05 Å². The lowest BCUT2D eigenvalue weighted by atomic mass is 9.85. The van der Waals surface area contributed by atoms with Crippen molar-refractivity contribution in [3.05, 3.63) is 45.6 Å². The first-order chi connectivity index (χ1) is 10.2. The Labute approximate surface area is 125 Å². The third-order valence-corrected chi connectivity index (χ3v) is 5.28. The SMILES string of the molecule is Cn1c(Cn2ccc(=O)c3sccc32)nnc1C1CCC1. The molecule has 0 unspecified atom stereocenters. The van der Waals surface area contributed by atoms with E-state index in [0.29, 0.717) is 12.5 Å². The second kappa shape index (κ2) is 4.80. The van der Waals surface area contributed by atoms with Gasteiger partial charge in [-0.15, -0.1) is 21.5 Å². The van der Waals surface area contributed by atoms with Crippen molar-refractivity contribution in [3.63, 3.8) is 0 Å². The summed E-state index contributed by atoms with van der Waals surface area (Å²) in [6.07, 6.45) is 5.58. The van der Waals surface area contributed by atoms with Gasteiger partial charge in [-0.05, 0) is 24.3 Å². The molecule has 0 bridgehead atoms. The Bertz CT molecular complexity index is 856. The van der Waals surface area contributed by atoms with Gasteiger partial charge in [-0.2, -0.15) is 0 Å². The van der Waals surface area contributed by atoms with Gasteiger partial charge in [0.2, 0.25) is 0 Å². The fourth-order valence-corrected chi connectivity index (χ4v) is 3.68. The normalized spacial score (nSPS) is 15.5. The van der Waals surface area contributed by atoms with Crippen molar-refractivity contribution in [2.45, 2.75) is 31.7 Å². The first kappa shape index (κ1) is 12.8. The number of thiophene rings is 1. The molecule has 0 N–H and O–H groups in total. The lowest BCUT2D eigenvalue weighted by molar-refractivity contribution is 0.391. The molecule has 0 amide bonds. The predicted octanol–water partition coefficient (Wildman–Crippen LogP) is 2.51. The monoisotopic (exact) mass is 300 g/mol. The highest BCUT2D eigenvalue weighted by Crippen LogP contribution is 2.35. The standard InChI is InChI=1S/C15H16N4OS/c1-18-13(16-17-15(18)10-3-2-4-10)9-19-7-5-12(20)14-11(19)6-8-21-14/h5-8,10H,2-4,9H2,1H3. The van der Waals surface area contributed by atoms with E-state index in [1.54, 1.807) is 6.07 Å². The van der Waals surface area contributed by atoms with Crippen molar-refractivity contribution >= 4 is 21.6 Å². The van der Waals surface area contributed by atoms with Crippen LogP contribution >= 0.6 is 11.3 Å².